The van der Waals surface area contributed by atoms with Crippen LogP contribution in [-0.2, 0) is 11.3 Å². The molecule has 2 N–H and O–H groups in total. The van der Waals surface area contributed by atoms with Gasteiger partial charge in [-0.2, -0.15) is 0 Å². The van der Waals surface area contributed by atoms with Gasteiger partial charge in [0.05, 0.1) is 17.0 Å². The fraction of sp³-hybridized carbons (Fsp3) is 0.500. The van der Waals surface area contributed by atoms with E-state index in [0.29, 0.717) is 13.0 Å². The summed E-state index contributed by atoms with van der Waals surface area (Å²) in [5.74, 6) is 0.127. The van der Waals surface area contributed by atoms with Crippen molar-refractivity contribution in [1.29, 1.82) is 0 Å². The quantitative estimate of drug-likeness (QED) is 0.878. The van der Waals surface area contributed by atoms with E-state index in [-0.39, 0.29) is 11.3 Å². The zero-order valence-electron chi connectivity index (χ0n) is 14.7. The zero-order chi connectivity index (χ0) is 17.4. The van der Waals surface area contributed by atoms with E-state index in [2.05, 4.69) is 39.5 Å². The number of nitrogens with one attached hydrogen (secondary N) is 1. The predicted molar refractivity (Wildman–Crippen MR) is 97.1 cm³/mol. The normalized spacial score (nSPS) is 23.8. The number of pyridine rings is 1. The number of carbonyl (C=O) groups is 1. The van der Waals surface area contributed by atoms with Crippen molar-refractivity contribution in [1.82, 2.24) is 15.2 Å². The summed E-state index contributed by atoms with van der Waals surface area (Å²) < 4.78 is 0. The second-order valence-electron chi connectivity index (χ2n) is 7.56. The third kappa shape index (κ3) is 3.14. The predicted octanol–water partition coefficient (Wildman–Crippen LogP) is 2.01. The van der Waals surface area contributed by atoms with Crippen LogP contribution in [0.25, 0.3) is 10.9 Å². The van der Waals surface area contributed by atoms with Crippen molar-refractivity contribution in [2.45, 2.75) is 38.8 Å². The van der Waals surface area contributed by atoms with Crippen LogP contribution < -0.4 is 5.32 Å². The summed E-state index contributed by atoms with van der Waals surface area (Å²) in [7, 11) is 0. The third-order valence-electron chi connectivity index (χ3n) is 5.74. The number of aliphatic hydroxyl groups excluding tert-OH is 1. The fourth-order valence-electron chi connectivity index (χ4n) is 4.35. The minimum atomic E-state index is -0.406. The lowest BCUT2D eigenvalue weighted by Gasteiger charge is -2.44. The number of benzene rings is 1. The highest BCUT2D eigenvalue weighted by molar-refractivity contribution is 5.84. The van der Waals surface area contributed by atoms with Crippen molar-refractivity contribution >= 4 is 16.8 Å². The van der Waals surface area contributed by atoms with Gasteiger partial charge in [-0.05, 0) is 57.0 Å². The molecule has 3 heterocycles. The molecule has 1 atom stereocenters. The molecule has 5 nitrogen and oxygen atoms in total. The van der Waals surface area contributed by atoms with E-state index in [1.54, 1.807) is 0 Å². The van der Waals surface area contributed by atoms with Gasteiger partial charge >= 0.3 is 0 Å². The number of hydrogen-bond acceptors (Lipinski definition) is 4. The Bertz CT molecular complexity index is 797. The number of aromatic nitrogens is 1. The number of β-amino-alcohol motifs (C(OH)–C–C–N with tert-alkyl or cyclic N) is 1. The lowest BCUT2D eigenvalue weighted by atomic mass is 9.71. The molecule has 0 bridgehead atoms. The van der Waals surface area contributed by atoms with Crippen LogP contribution in [0.1, 0.15) is 30.5 Å². The molecule has 1 unspecified atom stereocenters. The van der Waals surface area contributed by atoms with E-state index < -0.39 is 6.10 Å². The molecule has 5 heteroatoms. The average Bonchev–Trinajstić information content (AvgIpc) is 2.60. The maximum atomic E-state index is 12.4. The third-order valence-corrected chi connectivity index (χ3v) is 5.74. The van der Waals surface area contributed by atoms with E-state index in [0.717, 1.165) is 43.7 Å². The van der Waals surface area contributed by atoms with Crippen LogP contribution >= 0.6 is 0 Å². The second-order valence-corrected chi connectivity index (χ2v) is 7.56. The molecular formula is C20H25N3O2. The number of aryl methyl sites for hydroxylation is 1. The maximum absolute atomic E-state index is 12.4. The van der Waals surface area contributed by atoms with Gasteiger partial charge in [-0.15, -0.1) is 0 Å². The smallest absolute Gasteiger partial charge is 0.226 e. The molecule has 132 valence electrons. The highest BCUT2D eigenvalue weighted by Crippen LogP contribution is 2.38. The number of amides is 1. The molecule has 4 rings (SSSR count). The van der Waals surface area contributed by atoms with Crippen molar-refractivity contribution in [3.63, 3.8) is 0 Å². The summed E-state index contributed by atoms with van der Waals surface area (Å²) in [5, 5.41) is 14.0. The topological polar surface area (TPSA) is 65.5 Å². The van der Waals surface area contributed by atoms with Crippen LogP contribution in [0.5, 0.6) is 0 Å². The standard InChI is InChI=1S/C20H25N3O2/c1-14-10-15(17-4-2-3-5-18(17)22-14)13-23-8-6-20(7-9-23)11-16(24)12-21-19(20)25/h2-5,10,16,24H,6-9,11-13H2,1H3,(H,21,25). The Morgan fingerprint density at radius 2 is 2.08 bits per heavy atom. The molecule has 1 aromatic heterocycles. The van der Waals surface area contributed by atoms with Crippen molar-refractivity contribution in [2.24, 2.45) is 5.41 Å². The summed E-state index contributed by atoms with van der Waals surface area (Å²) in [6, 6.07) is 10.4. The number of aliphatic hydroxyl groups is 1. The van der Waals surface area contributed by atoms with Crippen LogP contribution in [0.2, 0.25) is 0 Å². The van der Waals surface area contributed by atoms with Crippen molar-refractivity contribution in [2.75, 3.05) is 19.6 Å². The van der Waals surface area contributed by atoms with Gasteiger partial charge in [-0.25, -0.2) is 0 Å². The monoisotopic (exact) mass is 339 g/mol. The molecule has 1 amide bonds. The number of carbonyl (C=O) groups excluding carboxylic acids is 1. The van der Waals surface area contributed by atoms with E-state index in [1.165, 1.54) is 10.9 Å². The molecule has 2 saturated heterocycles. The first-order valence-corrected chi connectivity index (χ1v) is 9.10. The average molecular weight is 339 g/mol. The van der Waals surface area contributed by atoms with Crippen LogP contribution in [0.3, 0.4) is 0 Å². The minimum absolute atomic E-state index is 0.127. The van der Waals surface area contributed by atoms with Gasteiger partial charge in [0.2, 0.25) is 5.91 Å². The highest BCUT2D eigenvalue weighted by Gasteiger charge is 2.45. The Kier molecular flexibility index (Phi) is 4.21. The summed E-state index contributed by atoms with van der Waals surface area (Å²) >= 11 is 0. The molecule has 1 aromatic carbocycles. The van der Waals surface area contributed by atoms with Crippen molar-refractivity contribution < 1.29 is 9.90 Å². The van der Waals surface area contributed by atoms with E-state index in [9.17, 15) is 9.90 Å². The summed E-state index contributed by atoms with van der Waals surface area (Å²) in [5.41, 5.74) is 3.01. The lowest BCUT2D eigenvalue weighted by Crippen LogP contribution is -2.55. The van der Waals surface area contributed by atoms with Crippen LogP contribution in [0, 0.1) is 12.3 Å². The zero-order valence-corrected chi connectivity index (χ0v) is 14.7. The number of piperidine rings is 2. The Morgan fingerprint density at radius 1 is 1.32 bits per heavy atom. The molecule has 2 aromatic rings. The number of likely N-dealkylation sites (tertiary alicyclic amines) is 1. The molecular weight excluding hydrogens is 314 g/mol. The van der Waals surface area contributed by atoms with Gasteiger partial charge in [0.1, 0.15) is 0 Å². The minimum Gasteiger partial charge on any atom is -0.391 e. The molecule has 0 radical (unpaired) electrons. The SMILES string of the molecule is Cc1cc(CN2CCC3(CC2)CC(O)CNC3=O)c2ccccc2n1. The molecule has 0 aliphatic carbocycles. The molecule has 2 fully saturated rings. The van der Waals surface area contributed by atoms with E-state index in [1.807, 2.05) is 13.0 Å². The first kappa shape index (κ1) is 16.5. The summed E-state index contributed by atoms with van der Waals surface area (Å²) in [6.07, 6.45) is 1.83. The van der Waals surface area contributed by atoms with Gasteiger partial charge in [0.25, 0.3) is 0 Å². The van der Waals surface area contributed by atoms with Crippen LogP contribution in [0.15, 0.2) is 30.3 Å². The molecule has 0 saturated carbocycles. The van der Waals surface area contributed by atoms with Gasteiger partial charge in [0, 0.05) is 24.2 Å². The van der Waals surface area contributed by atoms with Crippen molar-refractivity contribution in [3.8, 4) is 0 Å². The number of rotatable bonds is 2. The largest absolute Gasteiger partial charge is 0.391 e. The van der Waals surface area contributed by atoms with E-state index >= 15 is 0 Å². The first-order chi connectivity index (χ1) is 12.1. The lowest BCUT2D eigenvalue weighted by molar-refractivity contribution is -0.141. The number of hydrogen-bond donors (Lipinski definition) is 2. The van der Waals surface area contributed by atoms with Gasteiger partial charge in [0.15, 0.2) is 0 Å². The summed E-state index contributed by atoms with van der Waals surface area (Å²) in [4.78, 5) is 19.4. The van der Waals surface area contributed by atoms with Gasteiger partial charge in [-0.1, -0.05) is 18.2 Å². The van der Waals surface area contributed by atoms with Crippen LogP contribution in [-0.4, -0.2) is 46.6 Å². The molecule has 2 aliphatic heterocycles. The molecule has 2 aliphatic rings. The number of fused-ring (bicyclic) bond motifs is 1. The Hall–Kier alpha value is -1.98. The highest BCUT2D eigenvalue weighted by atomic mass is 16.3. The molecule has 1 spiro atoms. The van der Waals surface area contributed by atoms with E-state index in [4.69, 9.17) is 0 Å². The van der Waals surface area contributed by atoms with Crippen LogP contribution in [0.4, 0.5) is 0 Å². The Labute approximate surface area is 148 Å². The first-order valence-electron chi connectivity index (χ1n) is 9.10. The summed E-state index contributed by atoms with van der Waals surface area (Å²) in [6.45, 7) is 5.08. The Morgan fingerprint density at radius 3 is 2.88 bits per heavy atom. The van der Waals surface area contributed by atoms with Gasteiger partial charge < -0.3 is 10.4 Å². The van der Waals surface area contributed by atoms with Crippen molar-refractivity contribution in [3.05, 3.63) is 41.6 Å². The number of nitrogens with zero attached hydrogens (tertiary/aromatic N) is 2. The maximum Gasteiger partial charge on any atom is 0.226 e. The fourth-order valence-corrected chi connectivity index (χ4v) is 4.35. The molecule has 25 heavy (non-hydrogen) atoms. The number of para-hydroxylation sites is 1. The Balaban J connectivity index is 1.50. The van der Waals surface area contributed by atoms with Gasteiger partial charge in [-0.3, -0.25) is 14.7 Å². The second kappa shape index (κ2) is 6.39.